The highest BCUT2D eigenvalue weighted by molar-refractivity contribution is 6.00. The van der Waals surface area contributed by atoms with Crippen molar-refractivity contribution in [3.8, 4) is 5.75 Å². The lowest BCUT2D eigenvalue weighted by atomic mass is 10.1. The Labute approximate surface area is 143 Å². The number of rotatable bonds is 6. The Bertz CT molecular complexity index is 664. The lowest BCUT2D eigenvalue weighted by molar-refractivity contribution is 0.0841. The zero-order chi connectivity index (χ0) is 16.8. The summed E-state index contributed by atoms with van der Waals surface area (Å²) in [6, 6.07) is 18.0. The van der Waals surface area contributed by atoms with Gasteiger partial charge in [0.2, 0.25) is 0 Å². The number of ketones is 1. The molecule has 0 aromatic heterocycles. The van der Waals surface area contributed by atoms with E-state index in [0.29, 0.717) is 17.9 Å². The van der Waals surface area contributed by atoms with E-state index < -0.39 is 0 Å². The second kappa shape index (κ2) is 8.08. The molecular weight excluding hydrogens is 300 g/mol. The maximum atomic E-state index is 12.5. The van der Waals surface area contributed by atoms with Crippen molar-refractivity contribution in [1.82, 2.24) is 9.80 Å². The van der Waals surface area contributed by atoms with Gasteiger partial charge in [0, 0.05) is 32.7 Å². The summed E-state index contributed by atoms with van der Waals surface area (Å²) in [5, 5.41) is 0. The summed E-state index contributed by atoms with van der Waals surface area (Å²) in [6.45, 7) is 5.28. The largest absolute Gasteiger partial charge is 0.496 e. The predicted octanol–water partition coefficient (Wildman–Crippen LogP) is 2.70. The van der Waals surface area contributed by atoms with E-state index in [1.165, 1.54) is 5.56 Å². The topological polar surface area (TPSA) is 32.8 Å². The van der Waals surface area contributed by atoms with Gasteiger partial charge in [-0.1, -0.05) is 42.5 Å². The van der Waals surface area contributed by atoms with Crippen molar-refractivity contribution >= 4 is 5.78 Å². The van der Waals surface area contributed by atoms with Crippen molar-refractivity contribution in [1.29, 1.82) is 0 Å². The minimum Gasteiger partial charge on any atom is -0.496 e. The van der Waals surface area contributed by atoms with Crippen molar-refractivity contribution in [2.75, 3.05) is 39.8 Å². The molecule has 24 heavy (non-hydrogen) atoms. The number of para-hydroxylation sites is 1. The number of ether oxygens (including phenoxy) is 1. The molecule has 0 aliphatic carbocycles. The van der Waals surface area contributed by atoms with E-state index in [4.69, 9.17) is 4.74 Å². The summed E-state index contributed by atoms with van der Waals surface area (Å²) in [5.74, 6) is 0.786. The van der Waals surface area contributed by atoms with Crippen LogP contribution in [0.1, 0.15) is 15.9 Å². The van der Waals surface area contributed by atoms with Gasteiger partial charge in [-0.2, -0.15) is 0 Å². The number of carbonyl (C=O) groups is 1. The van der Waals surface area contributed by atoms with Gasteiger partial charge in [-0.05, 0) is 17.7 Å². The lowest BCUT2D eigenvalue weighted by Gasteiger charge is -2.34. The summed E-state index contributed by atoms with van der Waals surface area (Å²) in [6.07, 6.45) is 0. The van der Waals surface area contributed by atoms with Crippen LogP contribution in [0.2, 0.25) is 0 Å². The Kier molecular flexibility index (Phi) is 5.62. The number of hydrogen-bond donors (Lipinski definition) is 0. The SMILES string of the molecule is COc1ccccc1C(=O)CN1CCN(Cc2ccccc2)CC1. The molecule has 1 aliphatic heterocycles. The van der Waals surface area contributed by atoms with Gasteiger partial charge in [0.05, 0.1) is 19.2 Å². The summed E-state index contributed by atoms with van der Waals surface area (Å²) in [7, 11) is 1.61. The van der Waals surface area contributed by atoms with Crippen LogP contribution in [0, 0.1) is 0 Å². The number of benzene rings is 2. The van der Waals surface area contributed by atoms with Crippen molar-refractivity contribution in [3.05, 3.63) is 65.7 Å². The quantitative estimate of drug-likeness (QED) is 0.765. The molecule has 4 heteroatoms. The first-order valence-corrected chi connectivity index (χ1v) is 8.41. The normalized spacial score (nSPS) is 16.0. The monoisotopic (exact) mass is 324 g/mol. The highest BCUT2D eigenvalue weighted by atomic mass is 16.5. The smallest absolute Gasteiger partial charge is 0.180 e. The Morgan fingerprint density at radius 3 is 2.25 bits per heavy atom. The Hall–Kier alpha value is -2.17. The molecule has 0 radical (unpaired) electrons. The third-order valence-corrected chi connectivity index (χ3v) is 4.49. The van der Waals surface area contributed by atoms with Crippen LogP contribution in [-0.2, 0) is 6.54 Å². The van der Waals surface area contributed by atoms with Crippen molar-refractivity contribution in [2.24, 2.45) is 0 Å². The van der Waals surface area contributed by atoms with Gasteiger partial charge in [0.15, 0.2) is 5.78 Å². The number of piperazine rings is 1. The van der Waals surface area contributed by atoms with Crippen LogP contribution in [0.3, 0.4) is 0 Å². The summed E-state index contributed by atoms with van der Waals surface area (Å²) in [5.41, 5.74) is 2.02. The molecule has 0 amide bonds. The van der Waals surface area contributed by atoms with Crippen LogP contribution in [0.5, 0.6) is 5.75 Å². The number of carbonyl (C=O) groups excluding carboxylic acids is 1. The molecule has 4 nitrogen and oxygen atoms in total. The third kappa shape index (κ3) is 4.22. The average molecular weight is 324 g/mol. The lowest BCUT2D eigenvalue weighted by Crippen LogP contribution is -2.47. The average Bonchev–Trinajstić information content (AvgIpc) is 2.64. The molecule has 2 aromatic carbocycles. The summed E-state index contributed by atoms with van der Waals surface area (Å²) in [4.78, 5) is 17.2. The summed E-state index contributed by atoms with van der Waals surface area (Å²) < 4.78 is 5.29. The molecule has 0 unspecified atom stereocenters. The van der Waals surface area contributed by atoms with E-state index in [-0.39, 0.29) is 5.78 Å². The van der Waals surface area contributed by atoms with Gasteiger partial charge in [-0.15, -0.1) is 0 Å². The molecular formula is C20H24N2O2. The molecule has 1 aliphatic rings. The third-order valence-electron chi connectivity index (χ3n) is 4.49. The van der Waals surface area contributed by atoms with Gasteiger partial charge in [-0.3, -0.25) is 14.6 Å². The standard InChI is InChI=1S/C20H24N2O2/c1-24-20-10-6-5-9-18(20)19(23)16-22-13-11-21(12-14-22)15-17-7-3-2-4-8-17/h2-10H,11-16H2,1H3. The zero-order valence-electron chi connectivity index (χ0n) is 14.1. The molecule has 1 fully saturated rings. The maximum absolute atomic E-state index is 12.5. The fourth-order valence-electron chi connectivity index (χ4n) is 3.11. The molecule has 1 heterocycles. The van der Waals surface area contributed by atoms with E-state index in [2.05, 4.69) is 34.1 Å². The van der Waals surface area contributed by atoms with Gasteiger partial charge in [0.25, 0.3) is 0 Å². The molecule has 0 N–H and O–H groups in total. The van der Waals surface area contributed by atoms with Crippen LogP contribution in [0.25, 0.3) is 0 Å². The fourth-order valence-corrected chi connectivity index (χ4v) is 3.11. The number of Topliss-reactive ketones (excluding diaryl/α,β-unsaturated/α-hetero) is 1. The molecule has 2 aromatic rings. The molecule has 3 rings (SSSR count). The molecule has 0 bridgehead atoms. The van der Waals surface area contributed by atoms with Crippen LogP contribution in [0.4, 0.5) is 0 Å². The predicted molar refractivity (Wildman–Crippen MR) is 95.5 cm³/mol. The van der Waals surface area contributed by atoms with E-state index >= 15 is 0 Å². The highest BCUT2D eigenvalue weighted by Gasteiger charge is 2.20. The Morgan fingerprint density at radius 1 is 0.917 bits per heavy atom. The fraction of sp³-hybridized carbons (Fsp3) is 0.350. The first kappa shape index (κ1) is 16.7. The second-order valence-electron chi connectivity index (χ2n) is 6.16. The van der Waals surface area contributed by atoms with Crippen LogP contribution < -0.4 is 4.74 Å². The summed E-state index contributed by atoms with van der Waals surface area (Å²) >= 11 is 0. The first-order chi connectivity index (χ1) is 11.8. The molecule has 0 saturated carbocycles. The van der Waals surface area contributed by atoms with Crippen molar-refractivity contribution < 1.29 is 9.53 Å². The van der Waals surface area contributed by atoms with Crippen LogP contribution >= 0.6 is 0 Å². The van der Waals surface area contributed by atoms with Crippen LogP contribution in [0.15, 0.2) is 54.6 Å². The molecule has 126 valence electrons. The Balaban J connectivity index is 1.51. The first-order valence-electron chi connectivity index (χ1n) is 8.41. The van der Waals surface area contributed by atoms with Gasteiger partial charge in [-0.25, -0.2) is 0 Å². The second-order valence-corrected chi connectivity index (χ2v) is 6.16. The van der Waals surface area contributed by atoms with Crippen molar-refractivity contribution in [3.63, 3.8) is 0 Å². The van der Waals surface area contributed by atoms with E-state index in [0.717, 1.165) is 32.7 Å². The van der Waals surface area contributed by atoms with E-state index in [1.807, 2.05) is 30.3 Å². The minimum absolute atomic E-state index is 0.129. The number of methoxy groups -OCH3 is 1. The number of nitrogens with zero attached hydrogens (tertiary/aromatic N) is 2. The zero-order valence-corrected chi connectivity index (χ0v) is 14.1. The molecule has 0 atom stereocenters. The van der Waals surface area contributed by atoms with Gasteiger partial charge in [0.1, 0.15) is 5.75 Å². The number of hydrogen-bond acceptors (Lipinski definition) is 4. The Morgan fingerprint density at radius 2 is 1.54 bits per heavy atom. The molecule has 1 saturated heterocycles. The van der Waals surface area contributed by atoms with E-state index in [1.54, 1.807) is 7.11 Å². The van der Waals surface area contributed by atoms with E-state index in [9.17, 15) is 4.79 Å². The maximum Gasteiger partial charge on any atom is 0.180 e. The van der Waals surface area contributed by atoms with Crippen LogP contribution in [-0.4, -0.2) is 55.4 Å². The minimum atomic E-state index is 0.129. The molecule has 0 spiro atoms. The van der Waals surface area contributed by atoms with Crippen molar-refractivity contribution in [2.45, 2.75) is 6.54 Å². The van der Waals surface area contributed by atoms with Gasteiger partial charge < -0.3 is 4.74 Å². The highest BCUT2D eigenvalue weighted by Crippen LogP contribution is 2.18. The van der Waals surface area contributed by atoms with Gasteiger partial charge >= 0.3 is 0 Å².